The first-order chi connectivity index (χ1) is 13.7. The zero-order valence-corrected chi connectivity index (χ0v) is 17.9. The van der Waals surface area contributed by atoms with E-state index in [2.05, 4.69) is 31.2 Å². The molecule has 0 unspecified atom stereocenters. The van der Waals surface area contributed by atoms with E-state index < -0.39 is 6.08 Å². The minimum atomic E-state index is -1.51. The van der Waals surface area contributed by atoms with Crippen molar-refractivity contribution in [3.8, 4) is 0 Å². The van der Waals surface area contributed by atoms with Crippen LogP contribution in [0, 0.1) is 5.92 Å². The lowest BCUT2D eigenvalue weighted by atomic mass is 9.78. The number of rotatable bonds is 13. The summed E-state index contributed by atoms with van der Waals surface area (Å²) in [7, 11) is 0. The fourth-order valence-corrected chi connectivity index (χ4v) is 4.57. The van der Waals surface area contributed by atoms with Gasteiger partial charge in [-0.2, -0.15) is 8.78 Å². The number of hydrogen-bond donors (Lipinski definition) is 0. The molecule has 0 aromatic heterocycles. The van der Waals surface area contributed by atoms with E-state index in [-0.39, 0.29) is 5.92 Å². The van der Waals surface area contributed by atoms with Crippen LogP contribution < -0.4 is 0 Å². The van der Waals surface area contributed by atoms with Gasteiger partial charge in [0.25, 0.3) is 6.08 Å². The minimum Gasteiger partial charge on any atom is -0.174 e. The largest absolute Gasteiger partial charge is 0.266 e. The third-order valence-electron chi connectivity index (χ3n) is 6.40. The molecule has 0 nitrogen and oxygen atoms in total. The lowest BCUT2D eigenvalue weighted by molar-refractivity contribution is 0.351. The second-order valence-corrected chi connectivity index (χ2v) is 8.74. The Labute approximate surface area is 171 Å². The fraction of sp³-hybridized carbons (Fsp3) is 0.692. The number of unbranched alkanes of at least 4 members (excludes halogenated alkanes) is 9. The minimum absolute atomic E-state index is 0.0804. The highest BCUT2D eigenvalue weighted by molar-refractivity contribution is 5.26. The summed E-state index contributed by atoms with van der Waals surface area (Å²) in [5.41, 5.74) is 2.84. The van der Waals surface area contributed by atoms with Crippen LogP contribution in [0.2, 0.25) is 0 Å². The summed E-state index contributed by atoms with van der Waals surface area (Å²) < 4.78 is 24.8. The summed E-state index contributed by atoms with van der Waals surface area (Å²) in [6.45, 7) is 2.27. The van der Waals surface area contributed by atoms with E-state index in [4.69, 9.17) is 0 Å². The van der Waals surface area contributed by atoms with Gasteiger partial charge in [-0.1, -0.05) is 89.0 Å². The predicted molar refractivity (Wildman–Crippen MR) is 117 cm³/mol. The molecule has 2 rings (SSSR count). The van der Waals surface area contributed by atoms with E-state index in [0.717, 1.165) is 31.8 Å². The molecule has 158 valence electrons. The molecule has 0 saturated heterocycles. The molecule has 1 aromatic rings. The molecule has 2 heteroatoms. The van der Waals surface area contributed by atoms with Gasteiger partial charge in [-0.3, -0.25) is 0 Å². The highest BCUT2D eigenvalue weighted by Crippen LogP contribution is 2.37. The molecular weight excluding hydrogens is 350 g/mol. The molecule has 1 aliphatic carbocycles. The van der Waals surface area contributed by atoms with E-state index >= 15 is 0 Å². The van der Waals surface area contributed by atoms with Gasteiger partial charge in [0, 0.05) is 0 Å². The topological polar surface area (TPSA) is 0 Å². The maximum absolute atomic E-state index is 12.4. The summed E-state index contributed by atoms with van der Waals surface area (Å²) >= 11 is 0. The summed E-state index contributed by atoms with van der Waals surface area (Å²) in [6.07, 6.45) is 18.5. The zero-order valence-electron chi connectivity index (χ0n) is 17.9. The van der Waals surface area contributed by atoms with Crippen molar-refractivity contribution < 1.29 is 8.78 Å². The molecule has 1 aliphatic rings. The van der Waals surface area contributed by atoms with Crippen LogP contribution >= 0.6 is 0 Å². The number of allylic oxidation sites excluding steroid dienone is 1. The third kappa shape index (κ3) is 9.34. The molecule has 0 aliphatic heterocycles. The Hall–Kier alpha value is -1.18. The number of halogens is 2. The molecule has 0 amide bonds. The summed E-state index contributed by atoms with van der Waals surface area (Å²) in [4.78, 5) is 0. The Morgan fingerprint density at radius 3 is 1.86 bits per heavy atom. The van der Waals surface area contributed by atoms with Crippen LogP contribution in [0.5, 0.6) is 0 Å². The van der Waals surface area contributed by atoms with Gasteiger partial charge in [0.2, 0.25) is 0 Å². The van der Waals surface area contributed by atoms with Crippen molar-refractivity contribution in [2.75, 3.05) is 0 Å². The van der Waals surface area contributed by atoms with Crippen molar-refractivity contribution in [2.45, 2.75) is 109 Å². The Balaban J connectivity index is 1.56. The van der Waals surface area contributed by atoms with Crippen LogP contribution in [-0.2, 0) is 6.42 Å². The van der Waals surface area contributed by atoms with Gasteiger partial charge in [-0.15, -0.1) is 0 Å². The van der Waals surface area contributed by atoms with E-state index in [1.807, 2.05) is 0 Å². The summed E-state index contributed by atoms with van der Waals surface area (Å²) in [5.74, 6) is 0.635. The first-order valence-corrected chi connectivity index (χ1v) is 11.8. The number of hydrogen-bond acceptors (Lipinski definition) is 0. The van der Waals surface area contributed by atoms with Gasteiger partial charge in [-0.25, -0.2) is 0 Å². The molecule has 1 fully saturated rings. The number of benzene rings is 1. The van der Waals surface area contributed by atoms with E-state index in [9.17, 15) is 8.78 Å². The van der Waals surface area contributed by atoms with Gasteiger partial charge in [-0.05, 0) is 67.6 Å². The first kappa shape index (κ1) is 23.1. The van der Waals surface area contributed by atoms with Crippen molar-refractivity contribution >= 4 is 0 Å². The molecule has 0 N–H and O–H groups in total. The Kier molecular flexibility index (Phi) is 11.5. The van der Waals surface area contributed by atoms with Gasteiger partial charge in [0.15, 0.2) is 0 Å². The van der Waals surface area contributed by atoms with Crippen LogP contribution in [0.1, 0.15) is 114 Å². The Morgan fingerprint density at radius 2 is 1.32 bits per heavy atom. The smallest absolute Gasteiger partial charge is 0.174 e. The monoisotopic (exact) mass is 390 g/mol. The quantitative estimate of drug-likeness (QED) is 0.294. The molecule has 0 bridgehead atoms. The second kappa shape index (κ2) is 13.9. The summed E-state index contributed by atoms with van der Waals surface area (Å²) in [5, 5.41) is 0. The maximum Gasteiger partial charge on any atom is 0.266 e. The molecule has 1 saturated carbocycles. The van der Waals surface area contributed by atoms with Crippen LogP contribution in [0.15, 0.2) is 36.4 Å². The highest BCUT2D eigenvalue weighted by Gasteiger charge is 2.21. The van der Waals surface area contributed by atoms with Crippen molar-refractivity contribution in [3.05, 3.63) is 47.5 Å². The fourth-order valence-electron chi connectivity index (χ4n) is 4.57. The van der Waals surface area contributed by atoms with Crippen molar-refractivity contribution in [2.24, 2.45) is 5.92 Å². The van der Waals surface area contributed by atoms with Crippen LogP contribution in [-0.4, -0.2) is 0 Å². The van der Waals surface area contributed by atoms with E-state index in [1.165, 1.54) is 81.8 Å². The van der Waals surface area contributed by atoms with Crippen molar-refractivity contribution in [3.63, 3.8) is 0 Å². The number of aryl methyl sites for hydroxylation is 1. The van der Waals surface area contributed by atoms with Crippen molar-refractivity contribution in [1.29, 1.82) is 0 Å². The zero-order chi connectivity index (χ0) is 20.0. The highest BCUT2D eigenvalue weighted by atomic mass is 19.3. The van der Waals surface area contributed by atoms with Gasteiger partial charge in [0.05, 0.1) is 0 Å². The normalized spacial score (nSPS) is 19.5. The molecule has 1 aromatic carbocycles. The maximum atomic E-state index is 12.4. The third-order valence-corrected chi connectivity index (χ3v) is 6.40. The Morgan fingerprint density at radius 1 is 0.786 bits per heavy atom. The van der Waals surface area contributed by atoms with Crippen LogP contribution in [0.3, 0.4) is 0 Å². The van der Waals surface area contributed by atoms with Crippen molar-refractivity contribution in [1.82, 2.24) is 0 Å². The molecule has 0 radical (unpaired) electrons. The van der Waals surface area contributed by atoms with Gasteiger partial charge < -0.3 is 0 Å². The van der Waals surface area contributed by atoms with E-state index in [1.54, 1.807) is 0 Å². The predicted octanol–water partition coefficient (Wildman–Crippen LogP) is 9.20. The van der Waals surface area contributed by atoms with Gasteiger partial charge >= 0.3 is 0 Å². The van der Waals surface area contributed by atoms with Crippen LogP contribution in [0.4, 0.5) is 8.78 Å². The molecule has 0 atom stereocenters. The lowest BCUT2D eigenvalue weighted by Crippen LogP contribution is -2.11. The average molecular weight is 391 g/mol. The second-order valence-electron chi connectivity index (χ2n) is 8.74. The Bertz CT molecular complexity index is 534. The molecular formula is C26H40F2. The molecule has 0 spiro atoms. The first-order valence-electron chi connectivity index (χ1n) is 11.8. The molecule has 28 heavy (non-hydrogen) atoms. The lowest BCUT2D eigenvalue weighted by Gasteiger charge is -2.27. The van der Waals surface area contributed by atoms with Crippen LogP contribution in [0.25, 0.3) is 0 Å². The molecule has 0 heterocycles. The standard InChI is InChI=1S/C26H40F2/c1-2-3-4-5-6-7-8-9-10-11-12-22-13-17-24(18-14-22)25-19-15-23(16-20-25)21-26(27)28/h13-14,17-18,21,23,25H,2-12,15-16,19-20H2,1H3. The average Bonchev–Trinajstić information content (AvgIpc) is 2.70. The SMILES string of the molecule is CCCCCCCCCCCCc1ccc(C2CCC(C=C(F)F)CC2)cc1. The van der Waals surface area contributed by atoms with E-state index in [0.29, 0.717) is 5.92 Å². The summed E-state index contributed by atoms with van der Waals surface area (Å²) in [6, 6.07) is 9.14. The van der Waals surface area contributed by atoms with Gasteiger partial charge in [0.1, 0.15) is 0 Å².